The molecule has 5 aromatic rings. The number of benzene rings is 2. The molecule has 31 heavy (non-hydrogen) atoms. The van der Waals surface area contributed by atoms with Gasteiger partial charge in [-0.25, -0.2) is 4.98 Å². The molecular formula is C24H17ClN4O2. The summed E-state index contributed by atoms with van der Waals surface area (Å²) in [5.41, 5.74) is 5.51. The number of pyridine rings is 1. The van der Waals surface area contributed by atoms with Crippen LogP contribution in [0.4, 0.5) is 0 Å². The minimum atomic E-state index is 0.387. The van der Waals surface area contributed by atoms with Gasteiger partial charge in [-0.3, -0.25) is 0 Å². The summed E-state index contributed by atoms with van der Waals surface area (Å²) >= 11 is 6.00. The van der Waals surface area contributed by atoms with Gasteiger partial charge in [-0.15, -0.1) is 10.2 Å². The molecule has 152 valence electrons. The van der Waals surface area contributed by atoms with E-state index in [4.69, 9.17) is 20.8 Å². The average Bonchev–Trinajstić information content (AvgIpc) is 3.49. The lowest BCUT2D eigenvalue weighted by molar-refractivity contribution is 0.302. The van der Waals surface area contributed by atoms with Gasteiger partial charge >= 0.3 is 0 Å². The van der Waals surface area contributed by atoms with E-state index in [-0.39, 0.29) is 0 Å². The Labute approximate surface area is 183 Å². The van der Waals surface area contributed by atoms with Crippen LogP contribution in [0, 0.1) is 0 Å². The van der Waals surface area contributed by atoms with Gasteiger partial charge in [-0.1, -0.05) is 35.9 Å². The molecule has 0 aliphatic carbocycles. The summed E-state index contributed by atoms with van der Waals surface area (Å²) < 4.78 is 11.4. The van der Waals surface area contributed by atoms with Crippen LogP contribution in [-0.4, -0.2) is 20.2 Å². The number of rotatable bonds is 6. The van der Waals surface area contributed by atoms with Gasteiger partial charge in [0.15, 0.2) is 0 Å². The van der Waals surface area contributed by atoms with Crippen LogP contribution in [0.1, 0.15) is 22.7 Å². The highest BCUT2D eigenvalue weighted by Crippen LogP contribution is 2.27. The standard InChI is InChI=1S/C24H17ClN4O2/c25-18-5-1-16(2-6-18)13-21(24-29-27-15-31-24)17-3-8-20(9-4-17)30-14-19-7-10-22-23(28-19)11-12-26-22/h1-13,15,26H,14H2/b21-13+. The number of aromatic amines is 1. The van der Waals surface area contributed by atoms with Crippen molar-refractivity contribution in [2.45, 2.75) is 6.61 Å². The third kappa shape index (κ3) is 4.34. The van der Waals surface area contributed by atoms with E-state index in [1.165, 1.54) is 6.39 Å². The fraction of sp³-hybridized carbons (Fsp3) is 0.0417. The molecule has 0 aliphatic heterocycles. The fourth-order valence-corrected chi connectivity index (χ4v) is 3.36. The van der Waals surface area contributed by atoms with Gasteiger partial charge in [0.05, 0.1) is 16.7 Å². The Kier molecular flexibility index (Phi) is 5.21. The molecule has 0 saturated carbocycles. The van der Waals surface area contributed by atoms with Crippen molar-refractivity contribution in [2.75, 3.05) is 0 Å². The average molecular weight is 429 g/mol. The molecular weight excluding hydrogens is 412 g/mol. The van der Waals surface area contributed by atoms with Crippen molar-refractivity contribution in [3.63, 3.8) is 0 Å². The topological polar surface area (TPSA) is 76.8 Å². The normalized spacial score (nSPS) is 11.7. The minimum Gasteiger partial charge on any atom is -0.487 e. The van der Waals surface area contributed by atoms with Gasteiger partial charge in [0.1, 0.15) is 12.4 Å². The maximum atomic E-state index is 6.00. The van der Waals surface area contributed by atoms with Crippen LogP contribution in [0.25, 0.3) is 22.7 Å². The Balaban J connectivity index is 1.36. The number of hydrogen-bond donors (Lipinski definition) is 1. The number of H-pyrrole nitrogens is 1. The van der Waals surface area contributed by atoms with Crippen LogP contribution < -0.4 is 4.74 Å². The van der Waals surface area contributed by atoms with Crippen molar-refractivity contribution in [1.29, 1.82) is 0 Å². The lowest BCUT2D eigenvalue weighted by Gasteiger charge is -2.08. The zero-order chi connectivity index (χ0) is 21.0. The first kappa shape index (κ1) is 19.1. The Hall–Kier alpha value is -3.90. The second kappa shape index (κ2) is 8.45. The molecule has 7 heteroatoms. The highest BCUT2D eigenvalue weighted by molar-refractivity contribution is 6.30. The molecule has 3 aromatic heterocycles. The summed E-state index contributed by atoms with van der Waals surface area (Å²) in [6.07, 6.45) is 5.17. The van der Waals surface area contributed by atoms with Gasteiger partial charge in [0.25, 0.3) is 0 Å². The molecule has 0 fully saturated rings. The molecule has 0 aliphatic rings. The summed E-state index contributed by atoms with van der Waals surface area (Å²) in [7, 11) is 0. The van der Waals surface area contributed by atoms with E-state index in [0.29, 0.717) is 17.5 Å². The largest absolute Gasteiger partial charge is 0.487 e. The maximum Gasteiger partial charge on any atom is 0.248 e. The zero-order valence-electron chi connectivity index (χ0n) is 16.3. The van der Waals surface area contributed by atoms with Crippen molar-refractivity contribution in [3.8, 4) is 5.75 Å². The smallest absolute Gasteiger partial charge is 0.248 e. The molecule has 3 heterocycles. The third-order valence-corrected chi connectivity index (χ3v) is 5.04. The van der Waals surface area contributed by atoms with Crippen molar-refractivity contribution >= 4 is 34.3 Å². The number of halogens is 1. The highest BCUT2D eigenvalue weighted by Gasteiger charge is 2.11. The van der Waals surface area contributed by atoms with Gasteiger partial charge in [0, 0.05) is 16.8 Å². The number of nitrogens with zero attached hydrogens (tertiary/aromatic N) is 3. The van der Waals surface area contributed by atoms with Crippen LogP contribution in [-0.2, 0) is 6.61 Å². The van der Waals surface area contributed by atoms with Gasteiger partial charge in [0.2, 0.25) is 12.3 Å². The van der Waals surface area contributed by atoms with Gasteiger partial charge < -0.3 is 14.1 Å². The van der Waals surface area contributed by atoms with Crippen LogP contribution in [0.2, 0.25) is 5.02 Å². The minimum absolute atomic E-state index is 0.387. The van der Waals surface area contributed by atoms with Crippen LogP contribution in [0.15, 0.2) is 83.7 Å². The molecule has 0 unspecified atom stereocenters. The van der Waals surface area contributed by atoms with Crippen molar-refractivity contribution in [1.82, 2.24) is 20.2 Å². The SMILES string of the molecule is Clc1ccc(/C=C(\c2ccc(OCc3ccc4[nH]ccc4n3)cc2)c2nnco2)cc1. The number of fused-ring (bicyclic) bond motifs is 1. The molecule has 5 rings (SSSR count). The molecule has 0 saturated heterocycles. The molecule has 6 nitrogen and oxygen atoms in total. The molecule has 0 bridgehead atoms. The van der Waals surface area contributed by atoms with Gasteiger partial charge in [-0.05, 0) is 59.7 Å². The van der Waals surface area contributed by atoms with Gasteiger partial charge in [-0.2, -0.15) is 0 Å². The van der Waals surface area contributed by atoms with Crippen molar-refractivity contribution in [2.24, 2.45) is 0 Å². The van der Waals surface area contributed by atoms with E-state index >= 15 is 0 Å². The predicted octanol–water partition coefficient (Wildman–Crippen LogP) is 5.77. The van der Waals surface area contributed by atoms with E-state index in [0.717, 1.165) is 39.2 Å². The second-order valence-electron chi connectivity index (χ2n) is 6.88. The second-order valence-corrected chi connectivity index (χ2v) is 7.32. The number of aromatic nitrogens is 4. The lowest BCUT2D eigenvalue weighted by Crippen LogP contribution is -1.98. The van der Waals surface area contributed by atoms with Crippen LogP contribution in [0.5, 0.6) is 5.75 Å². The molecule has 0 amide bonds. The quantitative estimate of drug-likeness (QED) is 0.347. The van der Waals surface area contributed by atoms with Crippen molar-refractivity contribution in [3.05, 3.63) is 107 Å². The first-order valence-electron chi connectivity index (χ1n) is 9.65. The summed E-state index contributed by atoms with van der Waals surface area (Å²) in [6, 6.07) is 21.2. The van der Waals surface area contributed by atoms with Crippen molar-refractivity contribution < 1.29 is 9.15 Å². The lowest BCUT2D eigenvalue weighted by atomic mass is 10.0. The summed E-state index contributed by atoms with van der Waals surface area (Å²) in [6.45, 7) is 0.387. The summed E-state index contributed by atoms with van der Waals surface area (Å²) in [5, 5.41) is 8.57. The fourth-order valence-electron chi connectivity index (χ4n) is 3.23. The van der Waals surface area contributed by atoms with Crippen LogP contribution in [0.3, 0.4) is 0 Å². The first-order valence-corrected chi connectivity index (χ1v) is 10.0. The predicted molar refractivity (Wildman–Crippen MR) is 120 cm³/mol. The Bertz CT molecular complexity index is 1320. The Morgan fingerprint density at radius 2 is 1.84 bits per heavy atom. The molecule has 2 aromatic carbocycles. The zero-order valence-corrected chi connectivity index (χ0v) is 17.1. The molecule has 0 spiro atoms. The molecule has 1 N–H and O–H groups in total. The number of nitrogens with one attached hydrogen (secondary N) is 1. The maximum absolute atomic E-state index is 6.00. The van der Waals surface area contributed by atoms with E-state index in [1.807, 2.05) is 79.0 Å². The van der Waals surface area contributed by atoms with E-state index in [1.54, 1.807) is 0 Å². The van der Waals surface area contributed by atoms with E-state index < -0.39 is 0 Å². The summed E-state index contributed by atoms with van der Waals surface area (Å²) in [5.74, 6) is 1.18. The summed E-state index contributed by atoms with van der Waals surface area (Å²) in [4.78, 5) is 7.72. The Morgan fingerprint density at radius 3 is 2.61 bits per heavy atom. The van der Waals surface area contributed by atoms with E-state index in [9.17, 15) is 0 Å². The first-order chi connectivity index (χ1) is 15.2. The Morgan fingerprint density at radius 1 is 1.00 bits per heavy atom. The highest BCUT2D eigenvalue weighted by atomic mass is 35.5. The molecule has 0 radical (unpaired) electrons. The van der Waals surface area contributed by atoms with E-state index in [2.05, 4.69) is 20.2 Å². The van der Waals surface area contributed by atoms with Crippen LogP contribution >= 0.6 is 11.6 Å². The third-order valence-electron chi connectivity index (χ3n) is 4.79. The number of hydrogen-bond acceptors (Lipinski definition) is 5. The molecule has 0 atom stereocenters. The monoisotopic (exact) mass is 428 g/mol. The number of ether oxygens (including phenoxy) is 1.